The normalized spacial score (nSPS) is 31.6. The molecule has 1 aromatic carbocycles. The molecule has 3 aliphatic rings. The number of aliphatic hydroxyl groups is 1. The van der Waals surface area contributed by atoms with Crippen LogP contribution in [-0.4, -0.2) is 47.7 Å². The second kappa shape index (κ2) is 7.25. The largest absolute Gasteiger partial charge is 0.416 e. The molecule has 1 saturated carbocycles. The van der Waals surface area contributed by atoms with Gasteiger partial charge in [0.05, 0.1) is 17.1 Å². The van der Waals surface area contributed by atoms with Crippen molar-refractivity contribution in [3.8, 4) is 0 Å². The number of hydrogen-bond donors (Lipinski definition) is 1. The van der Waals surface area contributed by atoms with Crippen LogP contribution in [0.2, 0.25) is 0 Å². The Bertz CT molecular complexity index is 731. The molecule has 1 aliphatic carbocycles. The summed E-state index contributed by atoms with van der Waals surface area (Å²) in [5, 5.41) is 9.73. The zero-order valence-corrected chi connectivity index (χ0v) is 15.9. The SMILES string of the molecule is O=C1N(C2CCC(O)CC2)CC[C@@]12CCCN(c1cccc(C(F)(F)F)c1)C2. The Hall–Kier alpha value is -1.76. The van der Waals surface area contributed by atoms with Crippen LogP contribution in [-0.2, 0) is 11.0 Å². The number of halogens is 3. The molecule has 7 heteroatoms. The number of benzene rings is 1. The van der Waals surface area contributed by atoms with Crippen LogP contribution in [0.25, 0.3) is 0 Å². The van der Waals surface area contributed by atoms with Gasteiger partial charge in [-0.15, -0.1) is 0 Å². The first-order valence-corrected chi connectivity index (χ1v) is 10.2. The van der Waals surface area contributed by atoms with Crippen LogP contribution >= 0.6 is 0 Å². The summed E-state index contributed by atoms with van der Waals surface area (Å²) in [7, 11) is 0. The molecule has 28 heavy (non-hydrogen) atoms. The maximum Gasteiger partial charge on any atom is 0.416 e. The average Bonchev–Trinajstić information content (AvgIpc) is 2.98. The van der Waals surface area contributed by atoms with E-state index in [9.17, 15) is 23.1 Å². The van der Waals surface area contributed by atoms with Crippen LogP contribution in [0.15, 0.2) is 24.3 Å². The van der Waals surface area contributed by atoms with E-state index in [-0.39, 0.29) is 18.1 Å². The molecule has 0 bridgehead atoms. The molecule has 3 fully saturated rings. The minimum atomic E-state index is -4.37. The molecule has 1 N–H and O–H groups in total. The number of alkyl halides is 3. The Labute approximate surface area is 163 Å². The molecule has 4 rings (SSSR count). The Balaban J connectivity index is 1.50. The number of rotatable bonds is 2. The standard InChI is InChI=1S/C21H27F3N2O2/c22-21(23,24)15-3-1-4-17(13-15)25-11-2-9-20(14-25)10-12-26(19(20)28)16-5-7-18(27)8-6-16/h1,3-4,13,16,18,27H,2,5-12,14H2/t16?,18?,20-/m1/s1. The van der Waals surface area contributed by atoms with E-state index in [2.05, 4.69) is 0 Å². The number of anilines is 1. The molecule has 1 atom stereocenters. The summed E-state index contributed by atoms with van der Waals surface area (Å²) in [6.07, 6.45) is 0.881. The lowest BCUT2D eigenvalue weighted by molar-refractivity contribution is -0.139. The van der Waals surface area contributed by atoms with Gasteiger partial charge in [-0.1, -0.05) is 6.07 Å². The van der Waals surface area contributed by atoms with Gasteiger partial charge in [-0.3, -0.25) is 4.79 Å². The zero-order valence-electron chi connectivity index (χ0n) is 15.9. The van der Waals surface area contributed by atoms with E-state index in [1.54, 1.807) is 6.07 Å². The minimum absolute atomic E-state index is 0.158. The van der Waals surface area contributed by atoms with Crippen molar-refractivity contribution >= 4 is 11.6 Å². The Morgan fingerprint density at radius 3 is 2.54 bits per heavy atom. The van der Waals surface area contributed by atoms with E-state index >= 15 is 0 Å². The summed E-state index contributed by atoms with van der Waals surface area (Å²) in [6.45, 7) is 1.88. The van der Waals surface area contributed by atoms with Crippen molar-refractivity contribution in [1.82, 2.24) is 4.90 Å². The average molecular weight is 396 g/mol. The van der Waals surface area contributed by atoms with Gasteiger partial charge in [0, 0.05) is 31.4 Å². The topological polar surface area (TPSA) is 43.8 Å². The van der Waals surface area contributed by atoms with Gasteiger partial charge in [-0.25, -0.2) is 0 Å². The van der Waals surface area contributed by atoms with Crippen LogP contribution in [0, 0.1) is 5.41 Å². The molecule has 1 spiro atoms. The predicted octanol–water partition coefficient (Wildman–Crippen LogP) is 3.83. The summed E-state index contributed by atoms with van der Waals surface area (Å²) in [5.74, 6) is 0.158. The van der Waals surface area contributed by atoms with Crippen molar-refractivity contribution in [2.45, 2.75) is 63.3 Å². The second-order valence-electron chi connectivity index (χ2n) is 8.56. The maximum atomic E-state index is 13.3. The third-order valence-corrected chi connectivity index (χ3v) is 6.77. The number of amides is 1. The van der Waals surface area contributed by atoms with Crippen LogP contribution < -0.4 is 4.90 Å². The van der Waals surface area contributed by atoms with Crippen molar-refractivity contribution in [3.63, 3.8) is 0 Å². The lowest BCUT2D eigenvalue weighted by Gasteiger charge is -2.41. The third kappa shape index (κ3) is 3.61. The smallest absolute Gasteiger partial charge is 0.393 e. The van der Waals surface area contributed by atoms with Crippen LogP contribution in [0.4, 0.5) is 18.9 Å². The highest BCUT2D eigenvalue weighted by molar-refractivity contribution is 5.86. The number of carbonyl (C=O) groups is 1. The van der Waals surface area contributed by atoms with E-state index in [0.717, 1.165) is 57.6 Å². The van der Waals surface area contributed by atoms with E-state index in [0.29, 0.717) is 18.8 Å². The molecule has 2 saturated heterocycles. The zero-order chi connectivity index (χ0) is 19.9. The quantitative estimate of drug-likeness (QED) is 0.826. The summed E-state index contributed by atoms with van der Waals surface area (Å²) >= 11 is 0. The molecule has 0 aromatic heterocycles. The fourth-order valence-corrected chi connectivity index (χ4v) is 5.18. The fourth-order valence-electron chi connectivity index (χ4n) is 5.18. The van der Waals surface area contributed by atoms with Crippen molar-refractivity contribution in [2.24, 2.45) is 5.41 Å². The third-order valence-electron chi connectivity index (χ3n) is 6.77. The van der Waals surface area contributed by atoms with Gasteiger partial charge >= 0.3 is 6.18 Å². The number of hydrogen-bond acceptors (Lipinski definition) is 3. The lowest BCUT2D eigenvalue weighted by Crippen LogP contribution is -2.50. The summed E-state index contributed by atoms with van der Waals surface area (Å²) < 4.78 is 39.2. The summed E-state index contributed by atoms with van der Waals surface area (Å²) in [4.78, 5) is 17.3. The molecule has 1 amide bonds. The Morgan fingerprint density at radius 1 is 1.07 bits per heavy atom. The van der Waals surface area contributed by atoms with Gasteiger partial charge in [0.15, 0.2) is 0 Å². The molecule has 1 aromatic rings. The van der Waals surface area contributed by atoms with E-state index in [1.165, 1.54) is 12.1 Å². The van der Waals surface area contributed by atoms with Gasteiger partial charge in [0.2, 0.25) is 5.91 Å². The first kappa shape index (κ1) is 19.6. The van der Waals surface area contributed by atoms with E-state index < -0.39 is 17.2 Å². The van der Waals surface area contributed by atoms with E-state index in [4.69, 9.17) is 0 Å². The van der Waals surface area contributed by atoms with Gasteiger partial charge in [0.1, 0.15) is 0 Å². The number of aliphatic hydroxyl groups excluding tert-OH is 1. The Morgan fingerprint density at radius 2 is 1.82 bits per heavy atom. The highest BCUT2D eigenvalue weighted by Gasteiger charge is 2.50. The highest BCUT2D eigenvalue weighted by Crippen LogP contribution is 2.44. The van der Waals surface area contributed by atoms with Crippen LogP contribution in [0.5, 0.6) is 0 Å². The molecule has 0 radical (unpaired) electrons. The van der Waals surface area contributed by atoms with Gasteiger partial charge < -0.3 is 14.9 Å². The van der Waals surface area contributed by atoms with Crippen LogP contribution in [0.1, 0.15) is 50.5 Å². The fraction of sp³-hybridized carbons (Fsp3) is 0.667. The molecular formula is C21H27F3N2O2. The van der Waals surface area contributed by atoms with Crippen molar-refractivity contribution in [1.29, 1.82) is 0 Å². The van der Waals surface area contributed by atoms with Gasteiger partial charge in [0.25, 0.3) is 0 Å². The second-order valence-corrected chi connectivity index (χ2v) is 8.56. The molecule has 2 aliphatic heterocycles. The monoisotopic (exact) mass is 396 g/mol. The Kier molecular flexibility index (Phi) is 5.06. The molecule has 0 unspecified atom stereocenters. The first-order valence-electron chi connectivity index (χ1n) is 10.2. The number of carbonyl (C=O) groups excluding carboxylic acids is 1. The molecule has 2 heterocycles. The minimum Gasteiger partial charge on any atom is -0.393 e. The van der Waals surface area contributed by atoms with Gasteiger partial charge in [-0.2, -0.15) is 13.2 Å². The number of piperidine rings is 1. The molecular weight excluding hydrogens is 369 g/mol. The predicted molar refractivity (Wildman–Crippen MR) is 99.9 cm³/mol. The van der Waals surface area contributed by atoms with Crippen molar-refractivity contribution in [2.75, 3.05) is 24.5 Å². The number of likely N-dealkylation sites (tertiary alicyclic amines) is 1. The maximum absolute atomic E-state index is 13.3. The molecule has 4 nitrogen and oxygen atoms in total. The summed E-state index contributed by atoms with van der Waals surface area (Å²) in [5.41, 5.74) is -0.589. The first-order chi connectivity index (χ1) is 13.3. The molecule has 154 valence electrons. The number of nitrogens with zero attached hydrogens (tertiary/aromatic N) is 2. The van der Waals surface area contributed by atoms with E-state index in [1.807, 2.05) is 9.80 Å². The highest BCUT2D eigenvalue weighted by atomic mass is 19.4. The van der Waals surface area contributed by atoms with Crippen molar-refractivity contribution < 1.29 is 23.1 Å². The van der Waals surface area contributed by atoms with Gasteiger partial charge in [-0.05, 0) is 63.1 Å². The lowest BCUT2D eigenvalue weighted by atomic mass is 9.78. The van der Waals surface area contributed by atoms with Crippen molar-refractivity contribution in [3.05, 3.63) is 29.8 Å². The van der Waals surface area contributed by atoms with Crippen LogP contribution in [0.3, 0.4) is 0 Å². The summed E-state index contributed by atoms with van der Waals surface area (Å²) in [6, 6.07) is 5.62.